The van der Waals surface area contributed by atoms with Gasteiger partial charge in [-0.05, 0) is 37.9 Å². The summed E-state index contributed by atoms with van der Waals surface area (Å²) in [6.45, 7) is 4.15. The van der Waals surface area contributed by atoms with Crippen LogP contribution in [-0.2, 0) is 0 Å². The molecule has 27 heavy (non-hydrogen) atoms. The number of benzene rings is 1. The lowest BCUT2D eigenvalue weighted by molar-refractivity contribution is 0.309. The van der Waals surface area contributed by atoms with Gasteiger partial charge in [-0.1, -0.05) is 18.6 Å². The Balaban J connectivity index is 1.57. The summed E-state index contributed by atoms with van der Waals surface area (Å²) in [6, 6.07) is 6.64. The van der Waals surface area contributed by atoms with E-state index in [1.165, 1.54) is 25.3 Å². The van der Waals surface area contributed by atoms with Crippen molar-refractivity contribution in [2.24, 2.45) is 5.41 Å². The zero-order valence-corrected chi connectivity index (χ0v) is 15.2. The summed E-state index contributed by atoms with van der Waals surface area (Å²) in [7, 11) is 0. The van der Waals surface area contributed by atoms with E-state index >= 15 is 0 Å². The summed E-state index contributed by atoms with van der Waals surface area (Å²) in [5.41, 5.74) is 1.38. The largest absolute Gasteiger partial charge is 0.355 e. The van der Waals surface area contributed by atoms with Gasteiger partial charge in [0, 0.05) is 25.0 Å². The van der Waals surface area contributed by atoms with E-state index in [1.807, 2.05) is 0 Å². The zero-order valence-electron chi connectivity index (χ0n) is 15.2. The number of nitrogens with zero attached hydrogens (tertiary/aromatic N) is 5. The first-order chi connectivity index (χ1) is 13.3. The number of hydrogen-bond donors (Lipinski definition) is 1. The Bertz CT molecular complexity index is 962. The molecule has 2 aliphatic rings. The second kappa shape index (κ2) is 6.56. The van der Waals surface area contributed by atoms with E-state index in [0.29, 0.717) is 16.7 Å². The van der Waals surface area contributed by atoms with Crippen molar-refractivity contribution in [3.8, 4) is 5.69 Å². The molecule has 2 aliphatic heterocycles. The first-order valence-corrected chi connectivity index (χ1v) is 9.65. The maximum atomic E-state index is 14.3. The van der Waals surface area contributed by atoms with Gasteiger partial charge in [0.05, 0.1) is 11.6 Å². The molecular weight excluding hydrogens is 343 g/mol. The van der Waals surface area contributed by atoms with Gasteiger partial charge in [0.1, 0.15) is 23.6 Å². The molecule has 1 spiro atoms. The second-order valence-corrected chi connectivity index (χ2v) is 7.75. The summed E-state index contributed by atoms with van der Waals surface area (Å²) >= 11 is 0. The minimum absolute atomic E-state index is 0.312. The number of halogens is 1. The Kier molecular flexibility index (Phi) is 4.04. The van der Waals surface area contributed by atoms with Gasteiger partial charge in [0.15, 0.2) is 5.65 Å². The molecule has 5 rings (SSSR count). The molecular formula is C20H23FN6. The van der Waals surface area contributed by atoms with Gasteiger partial charge in [0.25, 0.3) is 0 Å². The minimum Gasteiger partial charge on any atom is -0.355 e. The Morgan fingerprint density at radius 1 is 1.11 bits per heavy atom. The summed E-state index contributed by atoms with van der Waals surface area (Å²) in [5, 5.41) is 8.84. The highest BCUT2D eigenvalue weighted by atomic mass is 19.1. The molecule has 4 heterocycles. The molecule has 3 aromatic rings. The molecule has 6 nitrogen and oxygen atoms in total. The van der Waals surface area contributed by atoms with Crippen molar-refractivity contribution < 1.29 is 4.39 Å². The number of fused-ring (bicyclic) bond motifs is 1. The molecule has 2 fully saturated rings. The number of para-hydroxylation sites is 1. The summed E-state index contributed by atoms with van der Waals surface area (Å²) in [5.74, 6) is 0.601. The first-order valence-electron chi connectivity index (χ1n) is 9.65. The minimum atomic E-state index is -0.312. The number of hydrogen-bond acceptors (Lipinski definition) is 5. The molecule has 0 aliphatic carbocycles. The predicted molar refractivity (Wildman–Crippen MR) is 103 cm³/mol. The van der Waals surface area contributed by atoms with E-state index in [9.17, 15) is 4.39 Å². The van der Waals surface area contributed by atoms with Crippen molar-refractivity contribution in [2.45, 2.75) is 25.7 Å². The SMILES string of the molecule is Fc1ccccc1-n1ncc2c(N3CCCCC4(CCNC4)C3)ncnc21. The van der Waals surface area contributed by atoms with Crippen LogP contribution in [0.3, 0.4) is 0 Å². The Labute approximate surface area is 157 Å². The van der Waals surface area contributed by atoms with Gasteiger partial charge < -0.3 is 10.2 Å². The van der Waals surface area contributed by atoms with E-state index in [0.717, 1.165) is 43.8 Å². The maximum Gasteiger partial charge on any atom is 0.168 e. The van der Waals surface area contributed by atoms with Gasteiger partial charge in [-0.15, -0.1) is 0 Å². The van der Waals surface area contributed by atoms with E-state index in [4.69, 9.17) is 0 Å². The van der Waals surface area contributed by atoms with Crippen LogP contribution in [0.2, 0.25) is 0 Å². The summed E-state index contributed by atoms with van der Waals surface area (Å²) in [6.07, 6.45) is 8.23. The van der Waals surface area contributed by atoms with E-state index < -0.39 is 0 Å². The van der Waals surface area contributed by atoms with Crippen LogP contribution < -0.4 is 10.2 Å². The van der Waals surface area contributed by atoms with Crippen LogP contribution in [0.4, 0.5) is 10.2 Å². The van der Waals surface area contributed by atoms with Crippen LogP contribution in [0.5, 0.6) is 0 Å². The fourth-order valence-electron chi connectivity index (χ4n) is 4.57. The number of anilines is 1. The number of aromatic nitrogens is 4. The van der Waals surface area contributed by atoms with Crippen molar-refractivity contribution in [2.75, 3.05) is 31.1 Å². The highest BCUT2D eigenvalue weighted by Crippen LogP contribution is 2.37. The van der Waals surface area contributed by atoms with Gasteiger partial charge in [-0.2, -0.15) is 5.10 Å². The van der Waals surface area contributed by atoms with Crippen LogP contribution in [0, 0.1) is 11.2 Å². The Morgan fingerprint density at radius 3 is 2.89 bits per heavy atom. The molecule has 1 unspecified atom stereocenters. The van der Waals surface area contributed by atoms with E-state index in [1.54, 1.807) is 35.4 Å². The number of rotatable bonds is 2. The maximum absolute atomic E-state index is 14.3. The Hall–Kier alpha value is -2.54. The average molecular weight is 366 g/mol. The van der Waals surface area contributed by atoms with Gasteiger partial charge in [0.2, 0.25) is 0 Å². The van der Waals surface area contributed by atoms with Crippen molar-refractivity contribution in [3.63, 3.8) is 0 Å². The third-order valence-electron chi connectivity index (χ3n) is 5.97. The lowest BCUT2D eigenvalue weighted by atomic mass is 9.82. The standard InChI is InChI=1S/C20H23FN6/c21-16-5-1-2-6-17(16)27-19-15(11-25-27)18(23-14-24-19)26-10-4-3-7-20(13-26)8-9-22-12-20/h1-2,5-6,11,14,22H,3-4,7-10,12-13H2. The van der Waals surface area contributed by atoms with Crippen molar-refractivity contribution in [1.29, 1.82) is 0 Å². The van der Waals surface area contributed by atoms with Gasteiger partial charge in [-0.3, -0.25) is 0 Å². The lowest BCUT2D eigenvalue weighted by Gasteiger charge is -2.32. The lowest BCUT2D eigenvalue weighted by Crippen LogP contribution is -2.38. The first kappa shape index (κ1) is 16.6. The normalized spacial score (nSPS) is 23.2. The van der Waals surface area contributed by atoms with Crippen LogP contribution in [0.25, 0.3) is 16.7 Å². The third-order valence-corrected chi connectivity index (χ3v) is 5.97. The van der Waals surface area contributed by atoms with Crippen LogP contribution in [-0.4, -0.2) is 45.9 Å². The zero-order chi connectivity index (χ0) is 18.3. The molecule has 0 radical (unpaired) electrons. The summed E-state index contributed by atoms with van der Waals surface area (Å²) < 4.78 is 15.8. The fourth-order valence-corrected chi connectivity index (χ4v) is 4.57. The van der Waals surface area contributed by atoms with Crippen molar-refractivity contribution in [3.05, 3.63) is 42.6 Å². The van der Waals surface area contributed by atoms with E-state index in [2.05, 4.69) is 25.3 Å². The number of nitrogens with one attached hydrogen (secondary N) is 1. The van der Waals surface area contributed by atoms with Crippen molar-refractivity contribution >= 4 is 16.9 Å². The van der Waals surface area contributed by atoms with Crippen LogP contribution in [0.15, 0.2) is 36.8 Å². The molecule has 1 atom stereocenters. The molecule has 1 N–H and O–H groups in total. The second-order valence-electron chi connectivity index (χ2n) is 7.75. The quantitative estimate of drug-likeness (QED) is 0.756. The molecule has 0 saturated carbocycles. The molecule has 7 heteroatoms. The van der Waals surface area contributed by atoms with Gasteiger partial charge in [-0.25, -0.2) is 19.0 Å². The van der Waals surface area contributed by atoms with Crippen LogP contribution in [0.1, 0.15) is 25.7 Å². The topological polar surface area (TPSA) is 58.9 Å². The Morgan fingerprint density at radius 2 is 2.04 bits per heavy atom. The smallest absolute Gasteiger partial charge is 0.168 e. The highest BCUT2D eigenvalue weighted by Gasteiger charge is 2.37. The average Bonchev–Trinajstić information content (AvgIpc) is 3.26. The fraction of sp³-hybridized carbons (Fsp3) is 0.450. The predicted octanol–water partition coefficient (Wildman–Crippen LogP) is 2.92. The monoisotopic (exact) mass is 366 g/mol. The molecule has 1 aromatic carbocycles. The molecule has 0 bridgehead atoms. The van der Waals surface area contributed by atoms with E-state index in [-0.39, 0.29) is 5.82 Å². The molecule has 2 aromatic heterocycles. The highest BCUT2D eigenvalue weighted by molar-refractivity contribution is 5.87. The molecule has 0 amide bonds. The van der Waals surface area contributed by atoms with Crippen LogP contribution >= 0.6 is 0 Å². The third kappa shape index (κ3) is 2.86. The summed E-state index contributed by atoms with van der Waals surface area (Å²) in [4.78, 5) is 11.4. The molecule has 2 saturated heterocycles. The molecule has 140 valence electrons. The van der Waals surface area contributed by atoms with Crippen molar-refractivity contribution in [1.82, 2.24) is 25.1 Å². The van der Waals surface area contributed by atoms with Gasteiger partial charge >= 0.3 is 0 Å².